The molecule has 0 atom stereocenters. The average molecular weight is 226 g/mol. The Balaban J connectivity index is 0. The van der Waals surface area contributed by atoms with Gasteiger partial charge in [-0.15, -0.1) is 0 Å². The summed E-state index contributed by atoms with van der Waals surface area (Å²) < 4.78 is 6.76. The Morgan fingerprint density at radius 3 is 1.00 bits per heavy atom. The maximum absolute atomic E-state index is 7.89. The maximum atomic E-state index is 7.89. The van der Waals surface area contributed by atoms with E-state index in [1.807, 2.05) is 0 Å². The summed E-state index contributed by atoms with van der Waals surface area (Å²) in [7, 11) is -4.80. The first kappa shape index (κ1) is 12.0. The van der Waals surface area contributed by atoms with Gasteiger partial charge in [0, 0.05) is 34.1 Å². The fourth-order valence-corrected chi connectivity index (χ4v) is 0.402. The molecule has 5 nitrogen and oxygen atoms in total. The van der Waals surface area contributed by atoms with E-state index in [1.165, 1.54) is 0 Å². The molecular formula is H3Fe2O5P. The molecule has 0 aromatic rings. The van der Waals surface area contributed by atoms with Gasteiger partial charge in [-0.05, 0) is 0 Å². The van der Waals surface area contributed by atoms with Crippen molar-refractivity contribution in [2.75, 3.05) is 0 Å². The van der Waals surface area contributed by atoms with Crippen LogP contribution < -0.4 is 0 Å². The van der Waals surface area contributed by atoms with Crippen molar-refractivity contribution in [3.63, 3.8) is 0 Å². The van der Waals surface area contributed by atoms with Crippen LogP contribution in [0.5, 0.6) is 0 Å². The Hall–Kier alpha value is 1.27. The van der Waals surface area contributed by atoms with Crippen molar-refractivity contribution >= 4 is 7.74 Å². The Morgan fingerprint density at radius 1 is 0.875 bits per heavy atom. The van der Waals surface area contributed by atoms with Crippen LogP contribution in [0.25, 0.3) is 0 Å². The minimum atomic E-state index is -4.80. The molecule has 8 heteroatoms. The summed E-state index contributed by atoms with van der Waals surface area (Å²) in [5, 5.41) is 0. The molecule has 0 aliphatic carbocycles. The van der Waals surface area contributed by atoms with Gasteiger partial charge in [-0.1, -0.05) is 0 Å². The molecule has 0 radical (unpaired) electrons. The monoisotopic (exact) mass is 226 g/mol. The second-order valence-corrected chi connectivity index (χ2v) is 2.95. The van der Waals surface area contributed by atoms with Gasteiger partial charge in [0.1, 0.15) is 0 Å². The van der Waals surface area contributed by atoms with Gasteiger partial charge in [0.2, 0.25) is 0 Å². The number of hydrogen-bond donors (Lipinski definition) is 3. The number of rotatable bonds is 0. The molecule has 0 saturated carbocycles. The fraction of sp³-hybridized carbons (Fsp3) is 0. The third-order valence-electron chi connectivity index (χ3n) is 0.275. The van der Waals surface area contributed by atoms with Gasteiger partial charge in [-0.25, -0.2) is 0 Å². The standard InChI is InChI=1S/2Fe.H3O5P/c;;1-6(2,3)4-5-6/h;;1-3H. The van der Waals surface area contributed by atoms with Crippen molar-refractivity contribution in [3.8, 4) is 0 Å². The van der Waals surface area contributed by atoms with Gasteiger partial charge in [-0.3, -0.25) is 0 Å². The molecule has 0 bridgehead atoms. The van der Waals surface area contributed by atoms with Crippen molar-refractivity contribution < 1.29 is 58.2 Å². The Morgan fingerprint density at radius 2 is 1.00 bits per heavy atom. The van der Waals surface area contributed by atoms with Crippen molar-refractivity contribution in [3.05, 3.63) is 0 Å². The van der Waals surface area contributed by atoms with Gasteiger partial charge >= 0.3 is 31.8 Å². The first-order valence-electron chi connectivity index (χ1n) is 1.13. The van der Waals surface area contributed by atoms with Crippen molar-refractivity contribution in [2.45, 2.75) is 0 Å². The van der Waals surface area contributed by atoms with Crippen LogP contribution >= 0.6 is 7.74 Å². The van der Waals surface area contributed by atoms with Gasteiger partial charge < -0.3 is 0 Å². The van der Waals surface area contributed by atoms with Crippen molar-refractivity contribution in [1.29, 1.82) is 0 Å². The molecule has 1 fully saturated rings. The summed E-state index contributed by atoms with van der Waals surface area (Å²) in [5.41, 5.74) is 0. The van der Waals surface area contributed by atoms with E-state index >= 15 is 0 Å². The van der Waals surface area contributed by atoms with Crippen LogP contribution in [0.4, 0.5) is 0 Å². The first-order valence-corrected chi connectivity index (χ1v) is 3.06. The van der Waals surface area contributed by atoms with Crippen LogP contribution in [0.1, 0.15) is 0 Å². The summed E-state index contributed by atoms with van der Waals surface area (Å²) in [4.78, 5) is 23.7. The van der Waals surface area contributed by atoms with E-state index in [4.69, 9.17) is 14.7 Å². The molecule has 0 unspecified atom stereocenters. The number of hydrogen-bond acceptors (Lipinski definition) is 5. The molecule has 0 amide bonds. The molecule has 1 saturated heterocycles. The van der Waals surface area contributed by atoms with E-state index in [0.717, 1.165) is 0 Å². The van der Waals surface area contributed by atoms with Crippen LogP contribution in [-0.2, 0) is 43.5 Å². The van der Waals surface area contributed by atoms with E-state index in [2.05, 4.69) is 9.35 Å². The third-order valence-corrected chi connectivity index (χ3v) is 0.824. The van der Waals surface area contributed by atoms with Crippen molar-refractivity contribution in [1.82, 2.24) is 0 Å². The molecule has 0 aromatic carbocycles. The summed E-state index contributed by atoms with van der Waals surface area (Å²) in [6.45, 7) is 0. The summed E-state index contributed by atoms with van der Waals surface area (Å²) in [6.07, 6.45) is 0. The van der Waals surface area contributed by atoms with E-state index in [-0.39, 0.29) is 34.1 Å². The van der Waals surface area contributed by atoms with Crippen LogP contribution in [0, 0.1) is 0 Å². The van der Waals surface area contributed by atoms with E-state index in [1.54, 1.807) is 0 Å². The normalized spacial score (nSPS) is 32.1. The van der Waals surface area contributed by atoms with E-state index in [0.29, 0.717) is 0 Å². The van der Waals surface area contributed by atoms with E-state index in [9.17, 15) is 0 Å². The predicted octanol–water partition coefficient (Wildman–Crippen LogP) is -0.952. The Bertz CT molecular complexity index is 74.2. The molecule has 3 N–H and O–H groups in total. The SMILES string of the molecule is OP1(O)(O)OO1.[Fe].[Fe]. The third kappa shape index (κ3) is 4.18. The minimum Gasteiger partial charge on any atom is 0 e. The zero-order valence-electron chi connectivity index (χ0n) is 3.31. The molecule has 1 aliphatic rings. The molecule has 1 aliphatic heterocycles. The zero-order valence-corrected chi connectivity index (χ0v) is 6.42. The van der Waals surface area contributed by atoms with Crippen LogP contribution in [0.2, 0.25) is 0 Å². The largest absolute Gasteiger partial charge is 0 e. The fourth-order valence-electron chi connectivity index (χ4n) is 0.0447. The average Bonchev–Trinajstić information content (AvgIpc) is 1.73. The predicted molar refractivity (Wildman–Crippen MR) is 15.7 cm³/mol. The molecule has 0 aromatic heterocycles. The van der Waals surface area contributed by atoms with Gasteiger partial charge in [0.25, 0.3) is 0 Å². The minimum absolute atomic E-state index is 0. The topological polar surface area (TPSA) is 85.8 Å². The maximum Gasteiger partial charge on any atom is 0 e. The van der Waals surface area contributed by atoms with Gasteiger partial charge in [-0.2, -0.15) is 0 Å². The van der Waals surface area contributed by atoms with Crippen LogP contribution in [-0.4, -0.2) is 14.7 Å². The molecule has 1 rings (SSSR count). The second-order valence-electron chi connectivity index (χ2n) is 0.982. The van der Waals surface area contributed by atoms with E-state index < -0.39 is 7.74 Å². The molecule has 0 spiro atoms. The van der Waals surface area contributed by atoms with Crippen LogP contribution in [0.3, 0.4) is 0 Å². The quantitative estimate of drug-likeness (QED) is 0.214. The van der Waals surface area contributed by atoms with Crippen molar-refractivity contribution in [2.24, 2.45) is 0 Å². The molecular weight excluding hydrogens is 223 g/mol. The summed E-state index contributed by atoms with van der Waals surface area (Å²) >= 11 is 0. The summed E-state index contributed by atoms with van der Waals surface area (Å²) in [5.74, 6) is 0. The van der Waals surface area contributed by atoms with Gasteiger partial charge in [0.05, 0.1) is 0 Å². The zero-order chi connectivity index (χ0) is 4.86. The van der Waals surface area contributed by atoms with Gasteiger partial charge in [0.15, 0.2) is 0 Å². The Labute approximate surface area is 66.2 Å². The first-order chi connectivity index (χ1) is 2.47. The molecule has 1 heterocycles. The summed E-state index contributed by atoms with van der Waals surface area (Å²) in [6, 6.07) is 0. The molecule has 8 heavy (non-hydrogen) atoms. The smallest absolute Gasteiger partial charge is 0 e. The van der Waals surface area contributed by atoms with Crippen LogP contribution in [0.15, 0.2) is 0 Å². The second kappa shape index (κ2) is 2.48. The molecule has 54 valence electrons. The Kier molecular flexibility index (Phi) is 3.72.